The zero-order chi connectivity index (χ0) is 23.4. The molecule has 1 N–H and O–H groups in total. The molecule has 0 bridgehead atoms. The first-order chi connectivity index (χ1) is 15.8. The highest BCUT2D eigenvalue weighted by atomic mass is 19.4. The maximum absolute atomic E-state index is 12.6. The van der Waals surface area contributed by atoms with Crippen LogP contribution in [0.15, 0.2) is 70.1 Å². The van der Waals surface area contributed by atoms with Crippen LogP contribution in [0.3, 0.4) is 0 Å². The van der Waals surface area contributed by atoms with Crippen LogP contribution in [0.1, 0.15) is 23.3 Å². The summed E-state index contributed by atoms with van der Waals surface area (Å²) in [6.07, 6.45) is -1.27. The smallest absolute Gasteiger partial charge is 0.416 e. The minimum atomic E-state index is -4.46. The third-order valence-corrected chi connectivity index (χ3v) is 5.26. The van der Waals surface area contributed by atoms with Gasteiger partial charge in [-0.25, -0.2) is 0 Å². The van der Waals surface area contributed by atoms with Gasteiger partial charge in [-0.1, -0.05) is 18.2 Å². The van der Waals surface area contributed by atoms with Crippen molar-refractivity contribution in [2.24, 2.45) is 0 Å². The molecule has 9 heteroatoms. The van der Waals surface area contributed by atoms with Gasteiger partial charge in [-0.05, 0) is 48.7 Å². The van der Waals surface area contributed by atoms with Crippen molar-refractivity contribution in [1.29, 1.82) is 0 Å². The van der Waals surface area contributed by atoms with Crippen LogP contribution in [0.5, 0.6) is 5.75 Å². The third kappa shape index (κ3) is 5.54. The van der Waals surface area contributed by atoms with Gasteiger partial charge in [0.15, 0.2) is 6.61 Å². The predicted molar refractivity (Wildman–Crippen MR) is 116 cm³/mol. The molecular weight excluding hydrogens is 437 g/mol. The van der Waals surface area contributed by atoms with E-state index in [1.54, 1.807) is 0 Å². The molecule has 172 valence electrons. The van der Waals surface area contributed by atoms with E-state index in [9.17, 15) is 22.8 Å². The van der Waals surface area contributed by atoms with E-state index in [2.05, 4.69) is 16.3 Å². The number of aryl methyl sites for hydroxylation is 1. The number of carbonyl (C=O) groups excluding carboxylic acids is 1. The van der Waals surface area contributed by atoms with Crippen molar-refractivity contribution in [3.63, 3.8) is 0 Å². The van der Waals surface area contributed by atoms with Gasteiger partial charge in [0.25, 0.3) is 5.91 Å². The number of nitrogens with one attached hydrogen (secondary N) is 1. The number of fused-ring (bicyclic) bond motifs is 1. The highest BCUT2D eigenvalue weighted by molar-refractivity contribution is 5.91. The molecule has 0 saturated heterocycles. The number of nitrogens with zero attached hydrogens (tertiary/aromatic N) is 1. The maximum Gasteiger partial charge on any atom is 0.416 e. The number of hydrogen-bond donors (Lipinski definition) is 1. The minimum absolute atomic E-state index is 0.125. The largest absolute Gasteiger partial charge is 0.477 e. The molecule has 0 radical (unpaired) electrons. The number of halogens is 3. The number of alkyl halides is 3. The molecule has 0 fully saturated rings. The van der Waals surface area contributed by atoms with Crippen LogP contribution in [0, 0.1) is 0 Å². The average molecular weight is 458 g/mol. The summed E-state index contributed by atoms with van der Waals surface area (Å²) >= 11 is 0. The molecule has 2 aromatic carbocycles. The molecule has 6 nitrogen and oxygen atoms in total. The Morgan fingerprint density at radius 2 is 1.88 bits per heavy atom. The highest BCUT2D eigenvalue weighted by Crippen LogP contribution is 2.30. The lowest BCUT2D eigenvalue weighted by Gasteiger charge is -2.30. The molecule has 0 unspecified atom stereocenters. The second-order valence-corrected chi connectivity index (χ2v) is 7.64. The van der Waals surface area contributed by atoms with Gasteiger partial charge in [-0.3, -0.25) is 9.59 Å². The SMILES string of the molecule is O=C(COc1coc(CN2CCCc3ccccc32)cc1=O)Nc1ccc(C(F)(F)F)cc1. The molecule has 1 aliphatic heterocycles. The van der Waals surface area contributed by atoms with Gasteiger partial charge in [0.1, 0.15) is 12.0 Å². The zero-order valence-corrected chi connectivity index (χ0v) is 17.5. The van der Waals surface area contributed by atoms with Crippen LogP contribution in [0.2, 0.25) is 0 Å². The van der Waals surface area contributed by atoms with Crippen LogP contribution in [0.4, 0.5) is 24.5 Å². The molecular formula is C24H21F3N2O4. The summed E-state index contributed by atoms with van der Waals surface area (Å²) in [5.74, 6) is -0.276. The second-order valence-electron chi connectivity index (χ2n) is 7.64. The third-order valence-electron chi connectivity index (χ3n) is 5.26. The Hall–Kier alpha value is -3.75. The van der Waals surface area contributed by atoms with Crippen molar-refractivity contribution >= 4 is 17.3 Å². The molecule has 3 aromatic rings. The maximum atomic E-state index is 12.6. The summed E-state index contributed by atoms with van der Waals surface area (Å²) in [5.41, 5.74) is 1.31. The van der Waals surface area contributed by atoms with E-state index < -0.39 is 29.7 Å². The average Bonchev–Trinajstić information content (AvgIpc) is 2.78. The van der Waals surface area contributed by atoms with Gasteiger partial charge in [-0.2, -0.15) is 13.2 Å². The fraction of sp³-hybridized carbons (Fsp3) is 0.250. The first-order valence-corrected chi connectivity index (χ1v) is 10.3. The number of hydrogen-bond acceptors (Lipinski definition) is 5. The molecule has 2 heterocycles. The first kappa shape index (κ1) is 22.4. The standard InChI is InChI=1S/C24H21F3N2O4/c25-24(26,27)17-7-9-18(10-8-17)28-23(31)15-33-22-14-32-19(12-21(22)30)13-29-11-3-5-16-4-1-2-6-20(16)29/h1-2,4,6-10,12,14H,3,5,11,13,15H2,(H,28,31). The Labute approximate surface area is 187 Å². The summed E-state index contributed by atoms with van der Waals surface area (Å²) in [6, 6.07) is 13.5. The van der Waals surface area contributed by atoms with Crippen LogP contribution >= 0.6 is 0 Å². The molecule has 33 heavy (non-hydrogen) atoms. The highest BCUT2D eigenvalue weighted by Gasteiger charge is 2.30. The molecule has 4 rings (SSSR count). The molecule has 1 aliphatic rings. The topological polar surface area (TPSA) is 71.8 Å². The van der Waals surface area contributed by atoms with Crippen molar-refractivity contribution in [1.82, 2.24) is 0 Å². The van der Waals surface area contributed by atoms with E-state index >= 15 is 0 Å². The monoisotopic (exact) mass is 458 g/mol. The Morgan fingerprint density at radius 1 is 1.12 bits per heavy atom. The van der Waals surface area contributed by atoms with E-state index in [1.807, 2.05) is 18.2 Å². The van der Waals surface area contributed by atoms with Crippen molar-refractivity contribution in [3.8, 4) is 5.75 Å². The number of ether oxygens (including phenoxy) is 1. The van der Waals surface area contributed by atoms with E-state index in [1.165, 1.54) is 17.9 Å². The van der Waals surface area contributed by atoms with E-state index in [4.69, 9.17) is 9.15 Å². The van der Waals surface area contributed by atoms with Crippen molar-refractivity contribution in [3.05, 3.63) is 88.0 Å². The molecule has 0 spiro atoms. The Balaban J connectivity index is 1.33. The van der Waals surface area contributed by atoms with E-state index in [0.717, 1.165) is 49.3 Å². The predicted octanol–water partition coefficient (Wildman–Crippen LogP) is 4.63. The molecule has 0 atom stereocenters. The number of amides is 1. The van der Waals surface area contributed by atoms with Gasteiger partial charge in [0.2, 0.25) is 11.2 Å². The van der Waals surface area contributed by atoms with Gasteiger partial charge >= 0.3 is 6.18 Å². The van der Waals surface area contributed by atoms with Crippen LogP contribution < -0.4 is 20.4 Å². The Bertz CT molecular complexity index is 1190. The van der Waals surface area contributed by atoms with Gasteiger partial charge < -0.3 is 19.4 Å². The fourth-order valence-electron chi connectivity index (χ4n) is 3.67. The molecule has 1 amide bonds. The number of carbonyl (C=O) groups is 1. The molecule has 1 aromatic heterocycles. The summed E-state index contributed by atoms with van der Waals surface area (Å²) < 4.78 is 48.6. The Kier molecular flexibility index (Phi) is 6.39. The quantitative estimate of drug-likeness (QED) is 0.583. The lowest BCUT2D eigenvalue weighted by atomic mass is 10.0. The van der Waals surface area contributed by atoms with Crippen LogP contribution in [-0.4, -0.2) is 19.1 Å². The van der Waals surface area contributed by atoms with Crippen LogP contribution in [-0.2, 0) is 23.9 Å². The Morgan fingerprint density at radius 3 is 2.61 bits per heavy atom. The normalized spacial score (nSPS) is 13.4. The molecule has 0 aliphatic carbocycles. The van der Waals surface area contributed by atoms with Crippen molar-refractivity contribution in [2.75, 3.05) is 23.4 Å². The zero-order valence-electron chi connectivity index (χ0n) is 17.5. The van der Waals surface area contributed by atoms with Gasteiger partial charge in [0, 0.05) is 24.0 Å². The lowest BCUT2D eigenvalue weighted by molar-refractivity contribution is -0.137. The number of para-hydroxylation sites is 1. The number of anilines is 2. The molecule has 0 saturated carbocycles. The lowest BCUT2D eigenvalue weighted by Crippen LogP contribution is -2.29. The van der Waals surface area contributed by atoms with Gasteiger partial charge in [-0.15, -0.1) is 0 Å². The van der Waals surface area contributed by atoms with E-state index in [-0.39, 0.29) is 11.4 Å². The minimum Gasteiger partial charge on any atom is -0.477 e. The van der Waals surface area contributed by atoms with Crippen molar-refractivity contribution < 1.29 is 27.1 Å². The summed E-state index contributed by atoms with van der Waals surface area (Å²) in [4.78, 5) is 26.6. The number of benzene rings is 2. The van der Waals surface area contributed by atoms with E-state index in [0.29, 0.717) is 12.3 Å². The summed E-state index contributed by atoms with van der Waals surface area (Å²) in [5, 5.41) is 2.41. The van der Waals surface area contributed by atoms with Gasteiger partial charge in [0.05, 0.1) is 12.1 Å². The first-order valence-electron chi connectivity index (χ1n) is 10.3. The second kappa shape index (κ2) is 9.40. The summed E-state index contributed by atoms with van der Waals surface area (Å²) in [6.45, 7) is 0.786. The van der Waals surface area contributed by atoms with Crippen molar-refractivity contribution in [2.45, 2.75) is 25.6 Å². The summed E-state index contributed by atoms with van der Waals surface area (Å²) in [7, 11) is 0. The fourth-order valence-corrected chi connectivity index (χ4v) is 3.67. The number of rotatable bonds is 6. The van der Waals surface area contributed by atoms with Crippen LogP contribution in [0.25, 0.3) is 0 Å².